The van der Waals surface area contributed by atoms with Crippen LogP contribution in [0.4, 0.5) is 0 Å². The summed E-state index contributed by atoms with van der Waals surface area (Å²) in [6.45, 7) is 2.36. The Morgan fingerprint density at radius 2 is 2.12 bits per heavy atom. The molecule has 0 aromatic carbocycles. The molecule has 0 aromatic rings. The molecule has 1 heterocycles. The monoisotopic (exact) mass is 229 g/mol. The number of aliphatic hydroxyl groups is 1. The van der Waals surface area contributed by atoms with Crippen LogP contribution in [0.2, 0.25) is 0 Å². The highest BCUT2D eigenvalue weighted by Gasteiger charge is 2.22. The van der Waals surface area contributed by atoms with Crippen molar-refractivity contribution in [2.45, 2.75) is 51.0 Å². The number of carboxylic acids is 1. The molecule has 1 aliphatic heterocycles. The van der Waals surface area contributed by atoms with Gasteiger partial charge in [0.2, 0.25) is 0 Å². The fourth-order valence-corrected chi connectivity index (χ4v) is 2.40. The largest absolute Gasteiger partial charge is 0.481 e. The van der Waals surface area contributed by atoms with Crippen LogP contribution in [0, 0.1) is 0 Å². The highest BCUT2D eigenvalue weighted by molar-refractivity contribution is 5.66. The maximum Gasteiger partial charge on any atom is 0.303 e. The van der Waals surface area contributed by atoms with Crippen LogP contribution in [0.25, 0.3) is 0 Å². The van der Waals surface area contributed by atoms with Gasteiger partial charge in [-0.15, -0.1) is 0 Å². The summed E-state index contributed by atoms with van der Waals surface area (Å²) in [6.07, 6.45) is 6.49. The van der Waals surface area contributed by atoms with Crippen LogP contribution in [0.5, 0.6) is 0 Å². The van der Waals surface area contributed by atoms with E-state index < -0.39 is 5.97 Å². The van der Waals surface area contributed by atoms with Gasteiger partial charge in [-0.05, 0) is 45.2 Å². The van der Waals surface area contributed by atoms with Gasteiger partial charge in [-0.3, -0.25) is 4.79 Å². The molecule has 1 unspecified atom stereocenters. The zero-order valence-corrected chi connectivity index (χ0v) is 9.90. The summed E-state index contributed by atoms with van der Waals surface area (Å²) in [5.74, 6) is -0.694. The first kappa shape index (κ1) is 13.5. The average molecular weight is 229 g/mol. The van der Waals surface area contributed by atoms with Crippen LogP contribution in [-0.2, 0) is 4.79 Å². The predicted molar refractivity (Wildman–Crippen MR) is 62.4 cm³/mol. The zero-order chi connectivity index (χ0) is 11.8. The number of carboxylic acid groups (broad SMARTS) is 1. The molecule has 1 saturated heterocycles. The van der Waals surface area contributed by atoms with Crippen LogP contribution in [-0.4, -0.2) is 46.8 Å². The number of hydrogen-bond donors (Lipinski definition) is 2. The number of likely N-dealkylation sites (tertiary alicyclic amines) is 1. The zero-order valence-electron chi connectivity index (χ0n) is 9.90. The molecule has 1 rings (SSSR count). The van der Waals surface area contributed by atoms with E-state index in [9.17, 15) is 4.79 Å². The van der Waals surface area contributed by atoms with Crippen LogP contribution < -0.4 is 0 Å². The molecule has 0 amide bonds. The SMILES string of the molecule is O=C(O)CCC1CCCCN1CCCCO. The van der Waals surface area contributed by atoms with Gasteiger partial charge in [0, 0.05) is 19.1 Å². The van der Waals surface area contributed by atoms with E-state index in [4.69, 9.17) is 10.2 Å². The molecule has 4 heteroatoms. The van der Waals surface area contributed by atoms with Crippen molar-refractivity contribution in [3.8, 4) is 0 Å². The van der Waals surface area contributed by atoms with Gasteiger partial charge in [0.1, 0.15) is 0 Å². The summed E-state index contributed by atoms with van der Waals surface area (Å²) >= 11 is 0. The molecular weight excluding hydrogens is 206 g/mol. The van der Waals surface area contributed by atoms with Gasteiger partial charge in [0.15, 0.2) is 0 Å². The quantitative estimate of drug-likeness (QED) is 0.649. The van der Waals surface area contributed by atoms with Crippen LogP contribution in [0.3, 0.4) is 0 Å². The minimum absolute atomic E-state index is 0.258. The molecule has 0 aromatic heterocycles. The lowest BCUT2D eigenvalue weighted by Crippen LogP contribution is -2.40. The molecule has 0 spiro atoms. The number of hydrogen-bond acceptors (Lipinski definition) is 3. The molecule has 0 saturated carbocycles. The van der Waals surface area contributed by atoms with E-state index in [0.29, 0.717) is 6.04 Å². The van der Waals surface area contributed by atoms with E-state index in [-0.39, 0.29) is 13.0 Å². The van der Waals surface area contributed by atoms with Crippen LogP contribution in [0.1, 0.15) is 44.9 Å². The van der Waals surface area contributed by atoms with Gasteiger partial charge in [-0.25, -0.2) is 0 Å². The lowest BCUT2D eigenvalue weighted by atomic mass is 9.97. The van der Waals surface area contributed by atoms with Crippen LogP contribution >= 0.6 is 0 Å². The normalized spacial score (nSPS) is 22.2. The van der Waals surface area contributed by atoms with Gasteiger partial charge in [0.25, 0.3) is 0 Å². The average Bonchev–Trinajstić information content (AvgIpc) is 2.28. The second-order valence-corrected chi connectivity index (χ2v) is 4.55. The third kappa shape index (κ3) is 4.94. The minimum Gasteiger partial charge on any atom is -0.481 e. The summed E-state index contributed by atoms with van der Waals surface area (Å²) in [6, 6.07) is 0.448. The minimum atomic E-state index is -0.694. The summed E-state index contributed by atoms with van der Waals surface area (Å²) in [5, 5.41) is 17.4. The van der Waals surface area contributed by atoms with Gasteiger partial charge in [-0.1, -0.05) is 6.42 Å². The van der Waals surface area contributed by atoms with E-state index in [0.717, 1.165) is 38.8 Å². The first-order valence-corrected chi connectivity index (χ1v) is 6.30. The molecule has 1 fully saturated rings. The van der Waals surface area contributed by atoms with Crippen molar-refractivity contribution >= 4 is 5.97 Å². The Morgan fingerprint density at radius 3 is 2.81 bits per heavy atom. The lowest BCUT2D eigenvalue weighted by molar-refractivity contribution is -0.137. The highest BCUT2D eigenvalue weighted by atomic mass is 16.4. The lowest BCUT2D eigenvalue weighted by Gasteiger charge is -2.35. The predicted octanol–water partition coefficient (Wildman–Crippen LogP) is 1.48. The highest BCUT2D eigenvalue weighted by Crippen LogP contribution is 2.21. The third-order valence-corrected chi connectivity index (χ3v) is 3.29. The molecule has 16 heavy (non-hydrogen) atoms. The second kappa shape index (κ2) is 7.63. The first-order chi connectivity index (χ1) is 7.74. The van der Waals surface area contributed by atoms with Crippen molar-refractivity contribution in [1.82, 2.24) is 4.90 Å². The Kier molecular flexibility index (Phi) is 6.42. The number of nitrogens with zero attached hydrogens (tertiary/aromatic N) is 1. The summed E-state index contributed by atoms with van der Waals surface area (Å²) in [4.78, 5) is 13.0. The standard InChI is InChI=1S/C12H23NO3/c14-10-4-3-9-13-8-2-1-5-11(13)6-7-12(15)16/h11,14H,1-10H2,(H,15,16). The van der Waals surface area contributed by atoms with Gasteiger partial charge >= 0.3 is 5.97 Å². The Bertz CT molecular complexity index is 208. The van der Waals surface area contributed by atoms with Gasteiger partial charge in [-0.2, -0.15) is 0 Å². The van der Waals surface area contributed by atoms with Crippen molar-refractivity contribution < 1.29 is 15.0 Å². The smallest absolute Gasteiger partial charge is 0.303 e. The summed E-state index contributed by atoms with van der Waals surface area (Å²) in [5.41, 5.74) is 0. The third-order valence-electron chi connectivity index (χ3n) is 3.29. The Labute approximate surface area is 97.3 Å². The number of piperidine rings is 1. The van der Waals surface area contributed by atoms with E-state index in [2.05, 4.69) is 4.90 Å². The number of aliphatic hydroxyl groups excluding tert-OH is 1. The van der Waals surface area contributed by atoms with E-state index in [1.54, 1.807) is 0 Å². The Balaban J connectivity index is 2.28. The van der Waals surface area contributed by atoms with Crippen molar-refractivity contribution in [1.29, 1.82) is 0 Å². The van der Waals surface area contributed by atoms with Gasteiger partial charge < -0.3 is 15.1 Å². The maximum absolute atomic E-state index is 10.6. The molecule has 0 radical (unpaired) electrons. The van der Waals surface area contributed by atoms with Crippen molar-refractivity contribution in [3.63, 3.8) is 0 Å². The van der Waals surface area contributed by atoms with Crippen molar-refractivity contribution in [2.24, 2.45) is 0 Å². The first-order valence-electron chi connectivity index (χ1n) is 6.30. The topological polar surface area (TPSA) is 60.8 Å². The summed E-state index contributed by atoms with van der Waals surface area (Å²) < 4.78 is 0. The molecule has 0 bridgehead atoms. The number of rotatable bonds is 7. The maximum atomic E-state index is 10.6. The molecule has 0 aliphatic carbocycles. The number of carbonyl (C=O) groups is 1. The van der Waals surface area contributed by atoms with E-state index in [1.807, 2.05) is 0 Å². The molecule has 2 N–H and O–H groups in total. The Hall–Kier alpha value is -0.610. The number of aliphatic carboxylic acids is 1. The molecule has 1 atom stereocenters. The molecule has 4 nitrogen and oxygen atoms in total. The summed E-state index contributed by atoms with van der Waals surface area (Å²) in [7, 11) is 0. The van der Waals surface area contributed by atoms with E-state index >= 15 is 0 Å². The second-order valence-electron chi connectivity index (χ2n) is 4.55. The fourth-order valence-electron chi connectivity index (χ4n) is 2.40. The molecule has 94 valence electrons. The van der Waals surface area contributed by atoms with Gasteiger partial charge in [0.05, 0.1) is 0 Å². The van der Waals surface area contributed by atoms with Crippen LogP contribution in [0.15, 0.2) is 0 Å². The van der Waals surface area contributed by atoms with E-state index in [1.165, 1.54) is 12.8 Å². The van der Waals surface area contributed by atoms with Crippen molar-refractivity contribution in [3.05, 3.63) is 0 Å². The Morgan fingerprint density at radius 1 is 1.31 bits per heavy atom. The molecular formula is C12H23NO3. The fraction of sp³-hybridized carbons (Fsp3) is 0.917. The molecule has 1 aliphatic rings. The van der Waals surface area contributed by atoms with Crippen molar-refractivity contribution in [2.75, 3.05) is 19.7 Å². The number of unbranched alkanes of at least 4 members (excludes halogenated alkanes) is 1.